The number of amides is 1. The summed E-state index contributed by atoms with van der Waals surface area (Å²) < 4.78 is 0. The molecule has 1 aromatic carbocycles. The molecule has 1 saturated heterocycles. The lowest BCUT2D eigenvalue weighted by Crippen LogP contribution is -2.44. The Bertz CT molecular complexity index is 438. The largest absolute Gasteiger partial charge is 0.325 e. The highest BCUT2D eigenvalue weighted by molar-refractivity contribution is 5.92. The van der Waals surface area contributed by atoms with Gasteiger partial charge in [-0.2, -0.15) is 0 Å². The van der Waals surface area contributed by atoms with E-state index in [0.717, 1.165) is 25.2 Å². The third kappa shape index (κ3) is 5.48. The molecule has 1 aromatic rings. The first-order valence-electron chi connectivity index (χ1n) is 7.98. The molecule has 0 bridgehead atoms. The van der Waals surface area contributed by atoms with Gasteiger partial charge in [-0.3, -0.25) is 9.69 Å². The van der Waals surface area contributed by atoms with Crippen molar-refractivity contribution in [3.05, 3.63) is 29.8 Å². The van der Waals surface area contributed by atoms with Crippen LogP contribution in [-0.4, -0.2) is 43.5 Å². The molecule has 4 heteroatoms. The van der Waals surface area contributed by atoms with Crippen molar-refractivity contribution >= 4 is 11.6 Å². The van der Waals surface area contributed by atoms with Crippen molar-refractivity contribution in [1.29, 1.82) is 0 Å². The molecule has 1 aliphatic heterocycles. The highest BCUT2D eigenvalue weighted by Crippen LogP contribution is 2.10. The quantitative estimate of drug-likeness (QED) is 0.844. The van der Waals surface area contributed by atoms with Crippen LogP contribution < -0.4 is 10.6 Å². The summed E-state index contributed by atoms with van der Waals surface area (Å²) in [6.07, 6.45) is 4.80. The molecule has 116 valence electrons. The fourth-order valence-corrected chi connectivity index (χ4v) is 2.79. The summed E-state index contributed by atoms with van der Waals surface area (Å²) in [4.78, 5) is 14.1. The molecule has 1 heterocycles. The molecule has 0 radical (unpaired) electrons. The molecule has 1 amide bonds. The number of carbonyl (C=O) groups is 1. The predicted molar refractivity (Wildman–Crippen MR) is 87.6 cm³/mol. The maximum atomic E-state index is 12.0. The number of likely N-dealkylation sites (N-methyl/N-ethyl adjacent to an activating group) is 1. The standard InChI is InChI=1S/C17H27N3O/c1-3-14-7-9-15(10-8-14)19-17(21)13-20(2)12-16-6-4-5-11-18-16/h7-10,16,18H,3-6,11-13H2,1-2H3,(H,19,21). The number of nitrogens with one attached hydrogen (secondary N) is 2. The minimum atomic E-state index is 0.0533. The van der Waals surface area contributed by atoms with Crippen LogP contribution in [0.25, 0.3) is 0 Å². The van der Waals surface area contributed by atoms with Gasteiger partial charge in [0.15, 0.2) is 0 Å². The molecule has 2 rings (SSSR count). The van der Waals surface area contributed by atoms with Crippen LogP contribution in [0.1, 0.15) is 31.7 Å². The Labute approximate surface area is 127 Å². The van der Waals surface area contributed by atoms with Crippen molar-refractivity contribution in [3.8, 4) is 0 Å². The minimum absolute atomic E-state index is 0.0533. The summed E-state index contributed by atoms with van der Waals surface area (Å²) in [5.41, 5.74) is 2.16. The van der Waals surface area contributed by atoms with Gasteiger partial charge < -0.3 is 10.6 Å². The van der Waals surface area contributed by atoms with Gasteiger partial charge in [-0.1, -0.05) is 25.5 Å². The maximum Gasteiger partial charge on any atom is 0.238 e. The number of nitrogens with zero attached hydrogens (tertiary/aromatic N) is 1. The lowest BCUT2D eigenvalue weighted by Gasteiger charge is -2.27. The summed E-state index contributed by atoms with van der Waals surface area (Å²) in [6.45, 7) is 4.60. The molecule has 1 atom stereocenters. The molecule has 21 heavy (non-hydrogen) atoms. The zero-order chi connectivity index (χ0) is 15.1. The van der Waals surface area contributed by atoms with E-state index < -0.39 is 0 Å². The summed E-state index contributed by atoms with van der Waals surface area (Å²) in [7, 11) is 2.01. The van der Waals surface area contributed by atoms with E-state index in [0.29, 0.717) is 12.6 Å². The summed E-state index contributed by atoms with van der Waals surface area (Å²) in [5, 5.41) is 6.47. The molecule has 1 aliphatic rings. The molecular formula is C17H27N3O. The Morgan fingerprint density at radius 3 is 2.71 bits per heavy atom. The lowest BCUT2D eigenvalue weighted by molar-refractivity contribution is -0.117. The second kappa shape index (κ2) is 8.15. The monoisotopic (exact) mass is 289 g/mol. The fourth-order valence-electron chi connectivity index (χ4n) is 2.79. The number of anilines is 1. The summed E-state index contributed by atoms with van der Waals surface area (Å²) in [5.74, 6) is 0.0533. The summed E-state index contributed by atoms with van der Waals surface area (Å²) >= 11 is 0. The Balaban J connectivity index is 1.74. The second-order valence-electron chi connectivity index (χ2n) is 5.94. The van der Waals surface area contributed by atoms with E-state index in [-0.39, 0.29) is 5.91 Å². The number of aryl methyl sites for hydroxylation is 1. The Morgan fingerprint density at radius 1 is 1.33 bits per heavy atom. The van der Waals surface area contributed by atoms with Gasteiger partial charge in [0, 0.05) is 18.3 Å². The van der Waals surface area contributed by atoms with Crippen LogP contribution in [0.5, 0.6) is 0 Å². The Morgan fingerprint density at radius 2 is 2.10 bits per heavy atom. The SMILES string of the molecule is CCc1ccc(NC(=O)CN(C)CC2CCCCN2)cc1. The van der Waals surface area contributed by atoms with Crippen LogP contribution in [0, 0.1) is 0 Å². The van der Waals surface area contributed by atoms with Crippen molar-refractivity contribution < 1.29 is 4.79 Å². The average molecular weight is 289 g/mol. The number of rotatable bonds is 6. The Hall–Kier alpha value is -1.39. The molecule has 0 saturated carbocycles. The van der Waals surface area contributed by atoms with Gasteiger partial charge >= 0.3 is 0 Å². The maximum absolute atomic E-state index is 12.0. The van der Waals surface area contributed by atoms with E-state index in [2.05, 4.69) is 34.6 Å². The molecule has 4 nitrogen and oxygen atoms in total. The molecule has 0 aromatic heterocycles. The Kier molecular flexibility index (Phi) is 6.21. The second-order valence-corrected chi connectivity index (χ2v) is 5.94. The van der Waals surface area contributed by atoms with Crippen molar-refractivity contribution in [2.75, 3.05) is 32.0 Å². The first-order valence-corrected chi connectivity index (χ1v) is 7.98. The normalized spacial score (nSPS) is 18.7. The summed E-state index contributed by atoms with van der Waals surface area (Å²) in [6, 6.07) is 8.59. The highest BCUT2D eigenvalue weighted by Gasteiger charge is 2.16. The zero-order valence-electron chi connectivity index (χ0n) is 13.2. The topological polar surface area (TPSA) is 44.4 Å². The number of benzene rings is 1. The minimum Gasteiger partial charge on any atom is -0.325 e. The smallest absolute Gasteiger partial charge is 0.238 e. The number of carbonyl (C=O) groups excluding carboxylic acids is 1. The lowest BCUT2D eigenvalue weighted by atomic mass is 10.0. The first kappa shape index (κ1) is 16.0. The van der Waals surface area contributed by atoms with Gasteiger partial charge in [0.2, 0.25) is 5.91 Å². The number of piperidine rings is 1. The highest BCUT2D eigenvalue weighted by atomic mass is 16.2. The molecular weight excluding hydrogens is 262 g/mol. The molecule has 1 fully saturated rings. The van der Waals surface area contributed by atoms with Gasteiger partial charge in [-0.05, 0) is 50.6 Å². The van der Waals surface area contributed by atoms with Crippen LogP contribution >= 0.6 is 0 Å². The van der Waals surface area contributed by atoms with Crippen LogP contribution in [0.4, 0.5) is 5.69 Å². The van der Waals surface area contributed by atoms with Gasteiger partial charge in [0.25, 0.3) is 0 Å². The van der Waals surface area contributed by atoms with Crippen molar-refractivity contribution in [3.63, 3.8) is 0 Å². The van der Waals surface area contributed by atoms with E-state index in [4.69, 9.17) is 0 Å². The van der Waals surface area contributed by atoms with E-state index in [1.807, 2.05) is 19.2 Å². The van der Waals surface area contributed by atoms with Gasteiger partial charge in [0.1, 0.15) is 0 Å². The third-order valence-corrected chi connectivity index (χ3v) is 4.00. The van der Waals surface area contributed by atoms with Gasteiger partial charge in [-0.15, -0.1) is 0 Å². The predicted octanol–water partition coefficient (Wildman–Crippen LogP) is 2.26. The first-order chi connectivity index (χ1) is 10.2. The molecule has 2 N–H and O–H groups in total. The van der Waals surface area contributed by atoms with Crippen molar-refractivity contribution in [2.45, 2.75) is 38.6 Å². The number of hydrogen-bond donors (Lipinski definition) is 2. The molecule has 0 aliphatic carbocycles. The molecule has 0 spiro atoms. The van der Waals surface area contributed by atoms with Crippen LogP contribution in [0.15, 0.2) is 24.3 Å². The van der Waals surface area contributed by atoms with E-state index in [9.17, 15) is 4.79 Å². The number of hydrogen-bond acceptors (Lipinski definition) is 3. The van der Waals surface area contributed by atoms with Crippen molar-refractivity contribution in [2.24, 2.45) is 0 Å². The van der Waals surface area contributed by atoms with Crippen LogP contribution in [0.3, 0.4) is 0 Å². The van der Waals surface area contributed by atoms with Gasteiger partial charge in [0.05, 0.1) is 6.54 Å². The van der Waals surface area contributed by atoms with E-state index >= 15 is 0 Å². The van der Waals surface area contributed by atoms with E-state index in [1.54, 1.807) is 0 Å². The van der Waals surface area contributed by atoms with Gasteiger partial charge in [-0.25, -0.2) is 0 Å². The van der Waals surface area contributed by atoms with Crippen LogP contribution in [-0.2, 0) is 11.2 Å². The van der Waals surface area contributed by atoms with E-state index in [1.165, 1.54) is 24.8 Å². The molecule has 1 unspecified atom stereocenters. The zero-order valence-corrected chi connectivity index (χ0v) is 13.2. The van der Waals surface area contributed by atoms with Crippen molar-refractivity contribution in [1.82, 2.24) is 10.2 Å². The third-order valence-electron chi connectivity index (χ3n) is 4.00. The average Bonchev–Trinajstić information content (AvgIpc) is 2.48. The van der Waals surface area contributed by atoms with Crippen LogP contribution in [0.2, 0.25) is 0 Å². The fraction of sp³-hybridized carbons (Fsp3) is 0.588.